The molecule has 1 amide bonds. The summed E-state index contributed by atoms with van der Waals surface area (Å²) in [7, 11) is 5.94. The zero-order valence-corrected chi connectivity index (χ0v) is 19.9. The molecule has 1 aliphatic rings. The van der Waals surface area contributed by atoms with E-state index in [0.29, 0.717) is 40.7 Å². The molecule has 1 heterocycles. The van der Waals surface area contributed by atoms with Gasteiger partial charge in [0.25, 0.3) is 11.7 Å². The summed E-state index contributed by atoms with van der Waals surface area (Å²) < 4.78 is 26.9. The van der Waals surface area contributed by atoms with Crippen molar-refractivity contribution >= 4 is 17.4 Å². The molecule has 0 radical (unpaired) electrons. The predicted octanol–water partition coefficient (Wildman–Crippen LogP) is 3.18. The van der Waals surface area contributed by atoms with Gasteiger partial charge in [-0.25, -0.2) is 0 Å². The number of ketones is 1. The SMILES string of the molecule is CCOc1ccc(C(O)=C2C(=O)C(=O)N(CCOC)[C@H]2c2cc(OC)c(OC)c(OC)c2)cc1. The van der Waals surface area contributed by atoms with Crippen LogP contribution in [0.5, 0.6) is 23.0 Å². The second kappa shape index (κ2) is 10.9. The highest BCUT2D eigenvalue weighted by molar-refractivity contribution is 6.46. The minimum Gasteiger partial charge on any atom is -0.507 e. The summed E-state index contributed by atoms with van der Waals surface area (Å²) in [6.07, 6.45) is 0. The number of rotatable bonds is 10. The number of aliphatic hydroxyl groups is 1. The van der Waals surface area contributed by atoms with Gasteiger partial charge >= 0.3 is 0 Å². The molecular weight excluding hydrogens is 442 g/mol. The number of likely N-dealkylation sites (tertiary alicyclic amines) is 1. The standard InChI is InChI=1S/C25H29NO8/c1-6-34-17-9-7-15(8-10-17)22(27)20-21(26(11-12-30-2)25(29)23(20)28)16-13-18(31-3)24(33-5)19(14-16)32-4/h7-10,13-14,21,27H,6,11-12H2,1-5H3/t21-/m0/s1. The zero-order valence-electron chi connectivity index (χ0n) is 19.9. The highest BCUT2D eigenvalue weighted by Gasteiger charge is 2.46. The van der Waals surface area contributed by atoms with Crippen LogP contribution in [0.4, 0.5) is 0 Å². The quantitative estimate of drug-likeness (QED) is 0.320. The van der Waals surface area contributed by atoms with Gasteiger partial charge in [-0.05, 0) is 48.9 Å². The van der Waals surface area contributed by atoms with E-state index in [2.05, 4.69) is 0 Å². The second-order valence-corrected chi connectivity index (χ2v) is 7.40. The topological polar surface area (TPSA) is 104 Å². The maximum Gasteiger partial charge on any atom is 0.295 e. The minimum absolute atomic E-state index is 0.0421. The van der Waals surface area contributed by atoms with Crippen molar-refractivity contribution in [2.24, 2.45) is 0 Å². The molecular formula is C25H29NO8. The Morgan fingerprint density at radius 3 is 2.09 bits per heavy atom. The Morgan fingerprint density at radius 2 is 1.59 bits per heavy atom. The van der Waals surface area contributed by atoms with Crippen LogP contribution in [0.25, 0.3) is 5.76 Å². The lowest BCUT2D eigenvalue weighted by Gasteiger charge is -2.26. The summed E-state index contributed by atoms with van der Waals surface area (Å²) >= 11 is 0. The molecule has 1 atom stereocenters. The van der Waals surface area contributed by atoms with Crippen LogP contribution in [-0.2, 0) is 14.3 Å². The highest BCUT2D eigenvalue weighted by atomic mass is 16.5. The number of hydrogen-bond acceptors (Lipinski definition) is 8. The molecule has 1 saturated heterocycles. The van der Waals surface area contributed by atoms with Crippen molar-refractivity contribution in [3.8, 4) is 23.0 Å². The van der Waals surface area contributed by atoms with Crippen molar-refractivity contribution in [2.75, 3.05) is 48.2 Å². The van der Waals surface area contributed by atoms with Gasteiger partial charge in [-0.3, -0.25) is 9.59 Å². The summed E-state index contributed by atoms with van der Waals surface area (Å²) in [5.74, 6) is -0.107. The summed E-state index contributed by atoms with van der Waals surface area (Å²) in [6, 6.07) is 9.06. The Bertz CT molecular complexity index is 1050. The van der Waals surface area contributed by atoms with Crippen molar-refractivity contribution < 1.29 is 38.4 Å². The van der Waals surface area contributed by atoms with E-state index in [-0.39, 0.29) is 24.5 Å². The van der Waals surface area contributed by atoms with E-state index in [1.165, 1.54) is 33.3 Å². The van der Waals surface area contributed by atoms with Gasteiger partial charge in [0.05, 0.1) is 46.2 Å². The fraction of sp³-hybridized carbons (Fsp3) is 0.360. The van der Waals surface area contributed by atoms with Gasteiger partial charge < -0.3 is 33.7 Å². The van der Waals surface area contributed by atoms with E-state index in [1.54, 1.807) is 36.4 Å². The smallest absolute Gasteiger partial charge is 0.295 e. The molecule has 2 aromatic rings. The second-order valence-electron chi connectivity index (χ2n) is 7.40. The normalized spacial score (nSPS) is 17.1. The molecule has 9 heteroatoms. The maximum atomic E-state index is 13.1. The average Bonchev–Trinajstić information content (AvgIpc) is 3.11. The maximum absolute atomic E-state index is 13.1. The molecule has 1 aliphatic heterocycles. The van der Waals surface area contributed by atoms with Gasteiger partial charge in [-0.15, -0.1) is 0 Å². The number of Topliss-reactive ketones (excluding diaryl/α,β-unsaturated/α-hetero) is 1. The molecule has 1 fully saturated rings. The van der Waals surface area contributed by atoms with Gasteiger partial charge in [0, 0.05) is 19.2 Å². The fourth-order valence-electron chi connectivity index (χ4n) is 3.94. The number of hydrogen-bond donors (Lipinski definition) is 1. The van der Waals surface area contributed by atoms with Crippen molar-refractivity contribution in [3.05, 3.63) is 53.1 Å². The Morgan fingerprint density at radius 1 is 0.971 bits per heavy atom. The van der Waals surface area contributed by atoms with Gasteiger partial charge in [-0.1, -0.05) is 0 Å². The lowest BCUT2D eigenvalue weighted by molar-refractivity contribution is -0.140. The Kier molecular flexibility index (Phi) is 8.01. The molecule has 182 valence electrons. The third-order valence-electron chi connectivity index (χ3n) is 5.52. The summed E-state index contributed by atoms with van der Waals surface area (Å²) in [6.45, 7) is 2.71. The first-order valence-corrected chi connectivity index (χ1v) is 10.7. The minimum atomic E-state index is -0.893. The van der Waals surface area contributed by atoms with Gasteiger partial charge in [-0.2, -0.15) is 0 Å². The Labute approximate surface area is 198 Å². The molecule has 1 N–H and O–H groups in total. The van der Waals surface area contributed by atoms with Gasteiger partial charge in [0.1, 0.15) is 11.5 Å². The molecule has 0 saturated carbocycles. The number of carbonyl (C=O) groups is 2. The molecule has 2 aromatic carbocycles. The Balaban J connectivity index is 2.21. The number of methoxy groups -OCH3 is 4. The molecule has 9 nitrogen and oxygen atoms in total. The summed E-state index contributed by atoms with van der Waals surface area (Å²) in [4.78, 5) is 27.5. The van der Waals surface area contributed by atoms with Crippen LogP contribution >= 0.6 is 0 Å². The van der Waals surface area contributed by atoms with E-state index < -0.39 is 17.7 Å². The van der Waals surface area contributed by atoms with E-state index in [9.17, 15) is 14.7 Å². The van der Waals surface area contributed by atoms with Gasteiger partial charge in [0.15, 0.2) is 11.5 Å². The first-order chi connectivity index (χ1) is 16.4. The largest absolute Gasteiger partial charge is 0.507 e. The monoisotopic (exact) mass is 471 g/mol. The third-order valence-corrected chi connectivity index (χ3v) is 5.52. The lowest BCUT2D eigenvalue weighted by atomic mass is 9.94. The fourth-order valence-corrected chi connectivity index (χ4v) is 3.94. The van der Waals surface area contributed by atoms with Crippen molar-refractivity contribution in [3.63, 3.8) is 0 Å². The molecule has 0 aliphatic carbocycles. The number of benzene rings is 2. The predicted molar refractivity (Wildman–Crippen MR) is 125 cm³/mol. The average molecular weight is 472 g/mol. The van der Waals surface area contributed by atoms with Gasteiger partial charge in [0.2, 0.25) is 5.75 Å². The molecule has 0 spiro atoms. The van der Waals surface area contributed by atoms with Crippen LogP contribution in [-0.4, -0.2) is 69.9 Å². The number of ether oxygens (including phenoxy) is 5. The molecule has 0 bridgehead atoms. The summed E-state index contributed by atoms with van der Waals surface area (Å²) in [5.41, 5.74) is 0.850. The molecule has 34 heavy (non-hydrogen) atoms. The Hall–Kier alpha value is -3.72. The van der Waals surface area contributed by atoms with Crippen LogP contribution in [0.1, 0.15) is 24.1 Å². The van der Waals surface area contributed by atoms with Crippen LogP contribution in [0.15, 0.2) is 42.0 Å². The van der Waals surface area contributed by atoms with Crippen molar-refractivity contribution in [1.29, 1.82) is 0 Å². The van der Waals surface area contributed by atoms with E-state index in [4.69, 9.17) is 23.7 Å². The van der Waals surface area contributed by atoms with Crippen LogP contribution in [0, 0.1) is 0 Å². The van der Waals surface area contributed by atoms with Crippen molar-refractivity contribution in [1.82, 2.24) is 4.90 Å². The number of aliphatic hydroxyl groups excluding tert-OH is 1. The summed E-state index contributed by atoms with van der Waals surface area (Å²) in [5, 5.41) is 11.2. The molecule has 0 unspecified atom stereocenters. The lowest BCUT2D eigenvalue weighted by Crippen LogP contribution is -2.32. The third kappa shape index (κ3) is 4.65. The highest BCUT2D eigenvalue weighted by Crippen LogP contribution is 2.45. The first kappa shape index (κ1) is 24.9. The zero-order chi connectivity index (χ0) is 24.8. The first-order valence-electron chi connectivity index (χ1n) is 10.7. The van der Waals surface area contributed by atoms with Crippen LogP contribution < -0.4 is 18.9 Å². The van der Waals surface area contributed by atoms with Crippen molar-refractivity contribution in [2.45, 2.75) is 13.0 Å². The van der Waals surface area contributed by atoms with E-state index in [1.807, 2.05) is 6.92 Å². The number of amides is 1. The number of nitrogens with zero attached hydrogens (tertiary/aromatic N) is 1. The number of carbonyl (C=O) groups excluding carboxylic acids is 2. The van der Waals surface area contributed by atoms with E-state index in [0.717, 1.165) is 0 Å². The van der Waals surface area contributed by atoms with E-state index >= 15 is 0 Å². The molecule has 0 aromatic heterocycles. The van der Waals surface area contributed by atoms with Crippen LogP contribution in [0.2, 0.25) is 0 Å². The molecule has 3 rings (SSSR count). The van der Waals surface area contributed by atoms with Crippen LogP contribution in [0.3, 0.4) is 0 Å².